The zero-order valence-corrected chi connectivity index (χ0v) is 15.6. The Morgan fingerprint density at radius 2 is 1.67 bits per heavy atom. The summed E-state index contributed by atoms with van der Waals surface area (Å²) in [7, 11) is 0. The Morgan fingerprint density at radius 3 is 2.33 bits per heavy atom. The lowest BCUT2D eigenvalue weighted by molar-refractivity contribution is 0.297. The molecule has 1 heterocycles. The third kappa shape index (κ3) is 3.48. The number of hydrogen-bond acceptors (Lipinski definition) is 2. The third-order valence-corrected chi connectivity index (χ3v) is 5.37. The second-order valence-electron chi connectivity index (χ2n) is 4.79. The minimum atomic E-state index is 0.0270. The van der Waals surface area contributed by atoms with Gasteiger partial charge < -0.3 is 9.47 Å². The summed E-state index contributed by atoms with van der Waals surface area (Å²) in [6.07, 6.45) is 0.885. The number of rotatable bonds is 2. The summed E-state index contributed by atoms with van der Waals surface area (Å²) in [6, 6.07) is 12.2. The molecule has 1 unspecified atom stereocenters. The molecule has 0 spiro atoms. The summed E-state index contributed by atoms with van der Waals surface area (Å²) in [5, 5.41) is 0.680. The average Bonchev–Trinajstić information content (AvgIpc) is 2.71. The molecule has 0 fully saturated rings. The van der Waals surface area contributed by atoms with E-state index in [1.165, 1.54) is 3.57 Å². The maximum absolute atomic E-state index is 6.42. The second kappa shape index (κ2) is 6.75. The molecule has 1 aliphatic rings. The molecule has 1 aliphatic heterocycles. The van der Waals surface area contributed by atoms with E-state index in [9.17, 15) is 0 Å². The van der Waals surface area contributed by atoms with Crippen molar-refractivity contribution in [3.8, 4) is 11.5 Å². The van der Waals surface area contributed by atoms with Crippen LogP contribution in [0, 0.1) is 3.57 Å². The van der Waals surface area contributed by atoms with Crippen LogP contribution in [0.2, 0.25) is 5.02 Å². The highest BCUT2D eigenvalue weighted by Gasteiger charge is 2.19. The number of benzene rings is 2. The molecule has 2 aromatic rings. The Kier molecular flexibility index (Phi) is 4.96. The molecule has 110 valence electrons. The first kappa shape index (κ1) is 15.4. The van der Waals surface area contributed by atoms with E-state index in [1.54, 1.807) is 0 Å². The van der Waals surface area contributed by atoms with E-state index in [4.69, 9.17) is 21.1 Å². The number of ether oxygens (including phenoxy) is 2. The van der Waals surface area contributed by atoms with Gasteiger partial charge in [0.2, 0.25) is 0 Å². The summed E-state index contributed by atoms with van der Waals surface area (Å²) < 4.78 is 12.6. The lowest BCUT2D eigenvalue weighted by atomic mass is 10.0. The monoisotopic (exact) mass is 478 g/mol. The molecule has 21 heavy (non-hydrogen) atoms. The molecule has 0 amide bonds. The smallest absolute Gasteiger partial charge is 0.162 e. The highest BCUT2D eigenvalue weighted by Crippen LogP contribution is 2.42. The summed E-state index contributed by atoms with van der Waals surface area (Å²) in [4.78, 5) is 0.0270. The molecular formula is C16H13BrClIO2. The van der Waals surface area contributed by atoms with E-state index in [0.717, 1.165) is 29.0 Å². The summed E-state index contributed by atoms with van der Waals surface area (Å²) >= 11 is 12.5. The predicted octanol–water partition coefficient (Wildman–Crippen LogP) is 5.59. The van der Waals surface area contributed by atoms with Gasteiger partial charge in [0.05, 0.1) is 18.0 Å². The van der Waals surface area contributed by atoms with Gasteiger partial charge in [0, 0.05) is 21.1 Å². The minimum Gasteiger partial charge on any atom is -0.490 e. The molecule has 1 atom stereocenters. The van der Waals surface area contributed by atoms with Gasteiger partial charge in [-0.1, -0.05) is 39.7 Å². The SMILES string of the molecule is Clc1cc2c(cc1C(Br)c1ccc(I)cc1)OCCCO2. The Balaban J connectivity index is 1.97. The fourth-order valence-corrected chi connectivity index (χ4v) is 3.64. The Hall–Kier alpha value is -0.460. The molecular weight excluding hydrogens is 466 g/mol. The van der Waals surface area contributed by atoms with Crippen LogP contribution in [-0.2, 0) is 0 Å². The van der Waals surface area contributed by atoms with Gasteiger partial charge in [-0.15, -0.1) is 0 Å². The van der Waals surface area contributed by atoms with Crippen LogP contribution in [0.25, 0.3) is 0 Å². The van der Waals surface area contributed by atoms with Gasteiger partial charge in [0.1, 0.15) is 0 Å². The van der Waals surface area contributed by atoms with Crippen molar-refractivity contribution >= 4 is 50.1 Å². The first-order valence-corrected chi connectivity index (χ1v) is 9.01. The van der Waals surface area contributed by atoms with Gasteiger partial charge in [0.15, 0.2) is 11.5 Å². The molecule has 0 aromatic heterocycles. The Labute approximate surface area is 151 Å². The van der Waals surface area contributed by atoms with Crippen molar-refractivity contribution in [1.82, 2.24) is 0 Å². The van der Waals surface area contributed by atoms with E-state index in [1.807, 2.05) is 12.1 Å². The second-order valence-corrected chi connectivity index (χ2v) is 7.35. The number of halogens is 3. The van der Waals surface area contributed by atoms with Crippen molar-refractivity contribution in [3.05, 3.63) is 56.1 Å². The highest BCUT2D eigenvalue weighted by atomic mass is 127. The molecule has 0 saturated carbocycles. The van der Waals surface area contributed by atoms with Gasteiger partial charge in [-0.25, -0.2) is 0 Å². The maximum atomic E-state index is 6.42. The zero-order chi connectivity index (χ0) is 14.8. The number of alkyl halides is 1. The summed E-state index contributed by atoms with van der Waals surface area (Å²) in [6.45, 7) is 1.34. The minimum absolute atomic E-state index is 0.0270. The van der Waals surface area contributed by atoms with Crippen LogP contribution in [0.1, 0.15) is 22.4 Å². The van der Waals surface area contributed by atoms with Crippen molar-refractivity contribution in [2.75, 3.05) is 13.2 Å². The summed E-state index contributed by atoms with van der Waals surface area (Å²) in [5.41, 5.74) is 2.15. The topological polar surface area (TPSA) is 18.5 Å². The molecule has 5 heteroatoms. The van der Waals surface area contributed by atoms with Crippen molar-refractivity contribution in [2.45, 2.75) is 11.2 Å². The molecule has 0 aliphatic carbocycles. The lowest BCUT2D eigenvalue weighted by Gasteiger charge is -2.16. The fourth-order valence-electron chi connectivity index (χ4n) is 2.21. The van der Waals surface area contributed by atoms with Crippen LogP contribution in [0.5, 0.6) is 11.5 Å². The lowest BCUT2D eigenvalue weighted by Crippen LogP contribution is -1.98. The van der Waals surface area contributed by atoms with Crippen molar-refractivity contribution in [3.63, 3.8) is 0 Å². The quantitative estimate of drug-likeness (QED) is 0.413. The molecule has 2 nitrogen and oxygen atoms in total. The van der Waals surface area contributed by atoms with Crippen LogP contribution in [0.4, 0.5) is 0 Å². The van der Waals surface area contributed by atoms with Gasteiger partial charge in [-0.05, 0) is 51.9 Å². The Bertz CT molecular complexity index is 645. The van der Waals surface area contributed by atoms with Crippen molar-refractivity contribution in [2.24, 2.45) is 0 Å². The van der Waals surface area contributed by atoms with Gasteiger partial charge >= 0.3 is 0 Å². The fraction of sp³-hybridized carbons (Fsp3) is 0.250. The normalized spacial score (nSPS) is 15.4. The zero-order valence-electron chi connectivity index (χ0n) is 11.1. The van der Waals surface area contributed by atoms with Crippen molar-refractivity contribution < 1.29 is 9.47 Å². The van der Waals surface area contributed by atoms with Crippen LogP contribution in [0.3, 0.4) is 0 Å². The molecule has 0 bridgehead atoms. The molecule has 2 aromatic carbocycles. The van der Waals surface area contributed by atoms with E-state index >= 15 is 0 Å². The standard InChI is InChI=1S/C16H13BrClIO2/c17-16(10-2-4-11(19)5-3-10)12-8-14-15(9-13(12)18)21-7-1-6-20-14/h2-5,8-9,16H,1,6-7H2. The largest absolute Gasteiger partial charge is 0.490 e. The third-order valence-electron chi connectivity index (χ3n) is 3.30. The van der Waals surface area contributed by atoms with E-state index in [0.29, 0.717) is 18.2 Å². The van der Waals surface area contributed by atoms with Crippen LogP contribution >= 0.6 is 50.1 Å². The molecule has 0 saturated heterocycles. The number of fused-ring (bicyclic) bond motifs is 1. The van der Waals surface area contributed by atoms with Gasteiger partial charge in [0.25, 0.3) is 0 Å². The van der Waals surface area contributed by atoms with Crippen molar-refractivity contribution in [1.29, 1.82) is 0 Å². The summed E-state index contributed by atoms with van der Waals surface area (Å²) in [5.74, 6) is 1.49. The molecule has 3 rings (SSSR count). The van der Waals surface area contributed by atoms with Gasteiger partial charge in [-0.3, -0.25) is 0 Å². The van der Waals surface area contributed by atoms with Crippen LogP contribution in [-0.4, -0.2) is 13.2 Å². The number of hydrogen-bond donors (Lipinski definition) is 0. The van der Waals surface area contributed by atoms with Crippen LogP contribution in [0.15, 0.2) is 36.4 Å². The molecule has 0 N–H and O–H groups in total. The first-order chi connectivity index (χ1) is 10.1. The van der Waals surface area contributed by atoms with E-state index < -0.39 is 0 Å². The average molecular weight is 480 g/mol. The van der Waals surface area contributed by atoms with E-state index in [-0.39, 0.29) is 4.83 Å². The predicted molar refractivity (Wildman–Crippen MR) is 97.0 cm³/mol. The highest BCUT2D eigenvalue weighted by molar-refractivity contribution is 14.1. The maximum Gasteiger partial charge on any atom is 0.162 e. The first-order valence-electron chi connectivity index (χ1n) is 6.64. The van der Waals surface area contributed by atoms with Gasteiger partial charge in [-0.2, -0.15) is 0 Å². The molecule has 0 radical (unpaired) electrons. The Morgan fingerprint density at radius 1 is 1.05 bits per heavy atom. The van der Waals surface area contributed by atoms with Crippen LogP contribution < -0.4 is 9.47 Å². The van der Waals surface area contributed by atoms with E-state index in [2.05, 4.69) is 62.8 Å².